The molecule has 0 bridgehead atoms. The molecule has 0 aliphatic rings. The molecule has 0 heterocycles. The van der Waals surface area contributed by atoms with Crippen LogP contribution in [-0.2, 0) is 32.7 Å². The maximum absolute atomic E-state index is 12.6. The monoisotopic (exact) mass is 816 g/mol. The third-order valence-corrected chi connectivity index (χ3v) is 9.44. The van der Waals surface area contributed by atoms with Crippen molar-refractivity contribution in [2.24, 2.45) is 5.73 Å². The summed E-state index contributed by atoms with van der Waals surface area (Å²) >= 11 is 0. The molecule has 0 aromatic carbocycles. The summed E-state index contributed by atoms with van der Waals surface area (Å²) in [7, 11) is -4.41. The van der Waals surface area contributed by atoms with Gasteiger partial charge in [-0.25, -0.2) is 4.57 Å². The summed E-state index contributed by atoms with van der Waals surface area (Å²) in [6, 6.07) is 0. The number of rotatable bonds is 39. The number of phosphoric ester groups is 1. The van der Waals surface area contributed by atoms with Gasteiger partial charge in [-0.2, -0.15) is 0 Å². The van der Waals surface area contributed by atoms with Crippen LogP contribution in [0.5, 0.6) is 0 Å². The molecule has 0 saturated heterocycles. The molecule has 0 rings (SSSR count). The summed E-state index contributed by atoms with van der Waals surface area (Å²) in [5, 5.41) is 0. The molecule has 0 aromatic rings. The standard InChI is InChI=1S/C47H78NO8P/c1-3-5-7-9-11-13-15-17-19-21-22-24-25-27-29-31-33-35-37-39-46(49)53-43-45(44-55-57(51,52)54-42-41-48)56-47(50)40-38-36-34-32-30-28-26-23-20-18-16-14-12-10-8-6-4-2/h11-14,17-20,22,24,26-29,33,35,45H,3-10,15-16,21,23,25,30-32,34,36-44,48H2,1-2H3,(H,51,52)/b13-11+,14-12+,19-17+,20-18+,24-22+,28-26+,29-27+,35-33+/t45-/m1/s1. The van der Waals surface area contributed by atoms with Crippen LogP contribution in [0, 0.1) is 0 Å². The molecule has 0 fully saturated rings. The molecule has 0 radical (unpaired) electrons. The quantitative estimate of drug-likeness (QED) is 0.0269. The molecule has 324 valence electrons. The van der Waals surface area contributed by atoms with Gasteiger partial charge in [-0.1, -0.05) is 150 Å². The Hall–Kier alpha value is -3.07. The van der Waals surface area contributed by atoms with Gasteiger partial charge >= 0.3 is 19.8 Å². The summed E-state index contributed by atoms with van der Waals surface area (Å²) in [5.74, 6) is -0.960. The van der Waals surface area contributed by atoms with Crippen LogP contribution < -0.4 is 5.73 Å². The van der Waals surface area contributed by atoms with E-state index in [1.54, 1.807) is 0 Å². The van der Waals surface area contributed by atoms with Crippen molar-refractivity contribution in [1.29, 1.82) is 0 Å². The van der Waals surface area contributed by atoms with E-state index in [0.717, 1.165) is 64.2 Å². The lowest BCUT2D eigenvalue weighted by Gasteiger charge is -2.19. The second kappa shape index (κ2) is 42.5. The number of allylic oxidation sites excluding steroid dienone is 16. The van der Waals surface area contributed by atoms with Crippen LogP contribution >= 0.6 is 7.82 Å². The van der Waals surface area contributed by atoms with E-state index in [1.807, 2.05) is 12.2 Å². The Morgan fingerprint density at radius 1 is 0.526 bits per heavy atom. The van der Waals surface area contributed by atoms with Gasteiger partial charge in [-0.15, -0.1) is 0 Å². The summed E-state index contributed by atoms with van der Waals surface area (Å²) < 4.78 is 32.7. The summed E-state index contributed by atoms with van der Waals surface area (Å²) in [6.07, 6.45) is 54.5. The Morgan fingerprint density at radius 3 is 1.40 bits per heavy atom. The highest BCUT2D eigenvalue weighted by Gasteiger charge is 2.25. The third-order valence-electron chi connectivity index (χ3n) is 8.46. The maximum Gasteiger partial charge on any atom is 0.472 e. The SMILES string of the molecule is CCCCC/C=C/C/C=C/C/C=C/C/C=C/C/C=C/CCC(=O)OC[C@H](COP(=O)(O)OCCN)OC(=O)CCCCCC/C=C/C/C=C/C/C=C/CCCCC. The van der Waals surface area contributed by atoms with Gasteiger partial charge in [0.25, 0.3) is 0 Å². The Balaban J connectivity index is 4.35. The predicted octanol–water partition coefficient (Wildman–Crippen LogP) is 12.6. The van der Waals surface area contributed by atoms with E-state index in [-0.39, 0.29) is 32.6 Å². The first kappa shape index (κ1) is 53.9. The lowest BCUT2D eigenvalue weighted by Crippen LogP contribution is -2.29. The van der Waals surface area contributed by atoms with Crippen molar-refractivity contribution in [3.8, 4) is 0 Å². The molecular weight excluding hydrogens is 737 g/mol. The van der Waals surface area contributed by atoms with Crippen molar-refractivity contribution in [2.45, 2.75) is 161 Å². The van der Waals surface area contributed by atoms with Crippen molar-refractivity contribution >= 4 is 19.8 Å². The van der Waals surface area contributed by atoms with Crippen molar-refractivity contribution in [2.75, 3.05) is 26.4 Å². The molecule has 0 saturated carbocycles. The van der Waals surface area contributed by atoms with Gasteiger partial charge < -0.3 is 20.1 Å². The van der Waals surface area contributed by atoms with Crippen molar-refractivity contribution in [3.63, 3.8) is 0 Å². The highest BCUT2D eigenvalue weighted by atomic mass is 31.2. The first-order valence-electron chi connectivity index (χ1n) is 21.7. The molecule has 0 spiro atoms. The van der Waals surface area contributed by atoms with Gasteiger partial charge in [0.05, 0.1) is 13.2 Å². The first-order valence-corrected chi connectivity index (χ1v) is 23.2. The number of phosphoric acid groups is 1. The zero-order chi connectivity index (χ0) is 41.8. The second-order valence-electron chi connectivity index (χ2n) is 13.8. The Morgan fingerprint density at radius 2 is 0.947 bits per heavy atom. The average molecular weight is 816 g/mol. The molecule has 3 N–H and O–H groups in total. The van der Waals surface area contributed by atoms with E-state index in [2.05, 4.69) is 98.9 Å². The maximum atomic E-state index is 12.6. The van der Waals surface area contributed by atoms with Crippen LogP contribution in [0.25, 0.3) is 0 Å². The van der Waals surface area contributed by atoms with Gasteiger partial charge in [-0.05, 0) is 89.9 Å². The number of hydrogen-bond acceptors (Lipinski definition) is 8. The van der Waals surface area contributed by atoms with Crippen LogP contribution in [0.2, 0.25) is 0 Å². The highest BCUT2D eigenvalue weighted by Crippen LogP contribution is 2.43. The van der Waals surface area contributed by atoms with Crippen LogP contribution in [0.3, 0.4) is 0 Å². The van der Waals surface area contributed by atoms with Gasteiger partial charge in [0, 0.05) is 19.4 Å². The van der Waals surface area contributed by atoms with Crippen LogP contribution in [0.15, 0.2) is 97.2 Å². The fraction of sp³-hybridized carbons (Fsp3) is 0.617. The van der Waals surface area contributed by atoms with E-state index in [1.165, 1.54) is 51.4 Å². The predicted molar refractivity (Wildman–Crippen MR) is 238 cm³/mol. The number of unbranched alkanes of at least 4 members (excludes halogenated alkanes) is 10. The third kappa shape index (κ3) is 42.4. The van der Waals surface area contributed by atoms with Crippen LogP contribution in [0.4, 0.5) is 0 Å². The molecule has 0 amide bonds. The summed E-state index contributed by atoms with van der Waals surface area (Å²) in [6.45, 7) is 3.54. The van der Waals surface area contributed by atoms with Crippen LogP contribution in [-0.4, -0.2) is 49.3 Å². The lowest BCUT2D eigenvalue weighted by molar-refractivity contribution is -0.161. The molecule has 10 heteroatoms. The van der Waals surface area contributed by atoms with Crippen LogP contribution in [0.1, 0.15) is 155 Å². The van der Waals surface area contributed by atoms with E-state index in [4.69, 9.17) is 24.3 Å². The highest BCUT2D eigenvalue weighted by molar-refractivity contribution is 7.47. The van der Waals surface area contributed by atoms with Crippen molar-refractivity contribution < 1.29 is 37.6 Å². The minimum Gasteiger partial charge on any atom is -0.462 e. The first-order chi connectivity index (χ1) is 27.8. The topological polar surface area (TPSA) is 134 Å². The smallest absolute Gasteiger partial charge is 0.462 e. The molecule has 0 aromatic heterocycles. The summed E-state index contributed by atoms with van der Waals surface area (Å²) in [4.78, 5) is 34.8. The Labute approximate surface area is 346 Å². The Bertz CT molecular complexity index is 1250. The molecule has 0 aliphatic carbocycles. The number of esters is 2. The fourth-order valence-electron chi connectivity index (χ4n) is 5.21. The number of ether oxygens (including phenoxy) is 2. The van der Waals surface area contributed by atoms with Gasteiger partial charge in [0.2, 0.25) is 0 Å². The number of carbonyl (C=O) groups excluding carboxylic acids is 2. The van der Waals surface area contributed by atoms with Gasteiger partial charge in [0.1, 0.15) is 6.61 Å². The van der Waals surface area contributed by atoms with Gasteiger partial charge in [-0.3, -0.25) is 18.6 Å². The van der Waals surface area contributed by atoms with Crippen molar-refractivity contribution in [1.82, 2.24) is 0 Å². The minimum absolute atomic E-state index is 0.0347. The summed E-state index contributed by atoms with van der Waals surface area (Å²) in [5.41, 5.74) is 5.34. The molecular formula is C47H78NO8P. The Kier molecular flexibility index (Phi) is 40.2. The number of carbonyl (C=O) groups is 2. The molecule has 1 unspecified atom stereocenters. The van der Waals surface area contributed by atoms with E-state index >= 15 is 0 Å². The fourth-order valence-corrected chi connectivity index (χ4v) is 5.98. The van der Waals surface area contributed by atoms with Gasteiger partial charge in [0.15, 0.2) is 6.10 Å². The largest absolute Gasteiger partial charge is 0.472 e. The minimum atomic E-state index is -4.41. The normalized spacial score (nSPS) is 14.2. The van der Waals surface area contributed by atoms with E-state index in [0.29, 0.717) is 12.8 Å². The van der Waals surface area contributed by atoms with E-state index in [9.17, 15) is 19.0 Å². The zero-order valence-corrected chi connectivity index (χ0v) is 36.4. The molecule has 9 nitrogen and oxygen atoms in total. The number of nitrogens with two attached hydrogens (primary N) is 1. The average Bonchev–Trinajstić information content (AvgIpc) is 3.20. The lowest BCUT2D eigenvalue weighted by atomic mass is 10.1. The van der Waals surface area contributed by atoms with E-state index < -0.39 is 32.5 Å². The molecule has 2 atom stereocenters. The molecule has 0 aliphatic heterocycles. The number of hydrogen-bond donors (Lipinski definition) is 2. The second-order valence-corrected chi connectivity index (χ2v) is 15.3. The molecule has 57 heavy (non-hydrogen) atoms. The zero-order valence-electron chi connectivity index (χ0n) is 35.5. The van der Waals surface area contributed by atoms with Crippen molar-refractivity contribution in [3.05, 3.63) is 97.2 Å².